The van der Waals surface area contributed by atoms with Gasteiger partial charge in [-0.2, -0.15) is 0 Å². The summed E-state index contributed by atoms with van der Waals surface area (Å²) < 4.78 is 19.6. The zero-order valence-electron chi connectivity index (χ0n) is 19.6. The average Bonchev–Trinajstić information content (AvgIpc) is 3.42. The predicted molar refractivity (Wildman–Crippen MR) is 124 cm³/mol. The van der Waals surface area contributed by atoms with Gasteiger partial charge in [0.25, 0.3) is 0 Å². The van der Waals surface area contributed by atoms with Crippen molar-refractivity contribution in [1.82, 2.24) is 19.6 Å². The molecule has 1 aromatic rings. The van der Waals surface area contributed by atoms with Crippen molar-refractivity contribution in [3.05, 3.63) is 24.0 Å². The number of benzene rings is 1. The second-order valence-electron chi connectivity index (χ2n) is 9.34. The molecule has 0 amide bonds. The maximum atomic E-state index is 14.5. The summed E-state index contributed by atoms with van der Waals surface area (Å²) in [6.45, 7) is 14.1. The smallest absolute Gasteiger partial charge is 0.167 e. The summed E-state index contributed by atoms with van der Waals surface area (Å²) in [7, 11) is 1.52. The summed E-state index contributed by atoms with van der Waals surface area (Å²) in [5.74, 6) is 0.0214. The Labute approximate surface area is 187 Å². The Bertz CT molecular complexity index is 687. The highest BCUT2D eigenvalue weighted by Gasteiger charge is 2.32. The zero-order valence-corrected chi connectivity index (χ0v) is 19.6. The van der Waals surface area contributed by atoms with Gasteiger partial charge >= 0.3 is 0 Å². The van der Waals surface area contributed by atoms with Crippen molar-refractivity contribution in [1.29, 1.82) is 0 Å². The molecule has 0 N–H and O–H groups in total. The predicted octanol–water partition coefficient (Wildman–Crippen LogP) is 3.10. The largest absolute Gasteiger partial charge is 0.494 e. The van der Waals surface area contributed by atoms with E-state index in [0.717, 1.165) is 51.9 Å². The summed E-state index contributed by atoms with van der Waals surface area (Å²) in [6.07, 6.45) is 5.18. The van der Waals surface area contributed by atoms with E-state index in [1.807, 2.05) is 6.07 Å². The Hall–Kier alpha value is -1.41. The van der Waals surface area contributed by atoms with Gasteiger partial charge in [-0.3, -0.25) is 19.6 Å². The van der Waals surface area contributed by atoms with E-state index in [1.165, 1.54) is 45.9 Å². The number of halogens is 1. The normalized spacial score (nSPS) is 26.8. The van der Waals surface area contributed by atoms with Crippen molar-refractivity contribution in [3.8, 4) is 5.75 Å². The summed E-state index contributed by atoms with van der Waals surface area (Å²) in [6, 6.07) is 6.64. The molecule has 3 fully saturated rings. The molecule has 6 nitrogen and oxygen atoms in total. The molecule has 0 bridgehead atoms. The number of rotatable bonds is 8. The second-order valence-corrected chi connectivity index (χ2v) is 9.34. The van der Waals surface area contributed by atoms with Gasteiger partial charge in [-0.05, 0) is 64.0 Å². The van der Waals surface area contributed by atoms with Crippen molar-refractivity contribution < 1.29 is 9.13 Å². The van der Waals surface area contributed by atoms with Crippen LogP contribution in [-0.4, -0.2) is 98.1 Å². The third-order valence-electron chi connectivity index (χ3n) is 7.39. The topological polar surface area (TPSA) is 25.4 Å². The minimum Gasteiger partial charge on any atom is -0.494 e. The summed E-state index contributed by atoms with van der Waals surface area (Å²) in [5, 5.41) is 0. The maximum absolute atomic E-state index is 14.5. The Morgan fingerprint density at radius 1 is 0.903 bits per heavy atom. The van der Waals surface area contributed by atoms with Crippen LogP contribution in [0.3, 0.4) is 0 Å². The van der Waals surface area contributed by atoms with Crippen molar-refractivity contribution in [3.63, 3.8) is 0 Å². The SMILES string of the molecule is CCN1CCCC1CN1CN(CC2CCCN2CC)CN(c2ccc(OC)c(F)c2)C1. The number of hydrogen-bond acceptors (Lipinski definition) is 6. The lowest BCUT2D eigenvalue weighted by Crippen LogP contribution is -2.59. The van der Waals surface area contributed by atoms with Gasteiger partial charge in [-0.1, -0.05) is 13.8 Å². The fourth-order valence-corrected chi connectivity index (χ4v) is 5.78. The number of ether oxygens (including phenoxy) is 1. The molecule has 2 atom stereocenters. The van der Waals surface area contributed by atoms with Crippen LogP contribution in [0, 0.1) is 5.82 Å². The number of nitrogens with zero attached hydrogens (tertiary/aromatic N) is 5. The monoisotopic (exact) mass is 433 g/mol. The van der Waals surface area contributed by atoms with Gasteiger partial charge in [0, 0.05) is 36.9 Å². The van der Waals surface area contributed by atoms with Gasteiger partial charge in [0.05, 0.1) is 27.1 Å². The Morgan fingerprint density at radius 2 is 1.48 bits per heavy atom. The number of hydrogen-bond donors (Lipinski definition) is 0. The number of anilines is 1. The first-order valence-electron chi connectivity index (χ1n) is 12.1. The molecule has 2 unspecified atom stereocenters. The molecule has 1 aromatic carbocycles. The van der Waals surface area contributed by atoms with Gasteiger partial charge in [-0.15, -0.1) is 0 Å². The average molecular weight is 434 g/mol. The highest BCUT2D eigenvalue weighted by molar-refractivity contribution is 5.50. The second kappa shape index (κ2) is 10.5. The molecule has 0 aliphatic carbocycles. The van der Waals surface area contributed by atoms with Crippen LogP contribution < -0.4 is 9.64 Å². The molecule has 0 aromatic heterocycles. The minimum absolute atomic E-state index is 0.287. The van der Waals surface area contributed by atoms with Crippen molar-refractivity contribution >= 4 is 5.69 Å². The molecule has 3 saturated heterocycles. The van der Waals surface area contributed by atoms with Crippen molar-refractivity contribution in [2.45, 2.75) is 51.6 Å². The number of likely N-dealkylation sites (tertiary alicyclic amines) is 2. The minimum atomic E-state index is -0.287. The molecular formula is C24H40FN5O. The summed E-state index contributed by atoms with van der Waals surface area (Å²) >= 11 is 0. The van der Waals surface area contributed by atoms with E-state index in [1.54, 1.807) is 12.1 Å². The fraction of sp³-hybridized carbons (Fsp3) is 0.750. The lowest BCUT2D eigenvalue weighted by atomic mass is 10.2. The Kier molecular flexibility index (Phi) is 7.69. The number of methoxy groups -OCH3 is 1. The van der Waals surface area contributed by atoms with Gasteiger partial charge in [0.1, 0.15) is 0 Å². The highest BCUT2D eigenvalue weighted by Crippen LogP contribution is 2.27. The molecule has 0 saturated carbocycles. The zero-order chi connectivity index (χ0) is 21.8. The third-order valence-corrected chi connectivity index (χ3v) is 7.39. The lowest BCUT2D eigenvalue weighted by Gasteiger charge is -2.46. The van der Waals surface area contributed by atoms with Crippen LogP contribution in [0.4, 0.5) is 10.1 Å². The first kappa shape index (κ1) is 22.8. The van der Waals surface area contributed by atoms with Gasteiger partial charge in [0.2, 0.25) is 0 Å². The van der Waals surface area contributed by atoms with Gasteiger partial charge < -0.3 is 9.64 Å². The fourth-order valence-electron chi connectivity index (χ4n) is 5.78. The van der Waals surface area contributed by atoms with Crippen molar-refractivity contribution in [2.75, 3.05) is 71.3 Å². The standard InChI is InChI=1S/C24H40FN5O/c1-4-28-12-6-8-21(28)15-26-17-27(16-22-9-7-13-29(22)5-2)19-30(18-26)20-10-11-24(31-3)23(25)14-20/h10-11,14,21-22H,4-9,12-13,15-19H2,1-3H3. The molecule has 0 spiro atoms. The van der Waals surface area contributed by atoms with E-state index in [2.05, 4.69) is 38.3 Å². The van der Waals surface area contributed by atoms with Crippen LogP contribution in [0.25, 0.3) is 0 Å². The third kappa shape index (κ3) is 5.33. The summed E-state index contributed by atoms with van der Waals surface area (Å²) in [5.41, 5.74) is 0.936. The van der Waals surface area contributed by atoms with E-state index in [-0.39, 0.29) is 5.82 Å². The Morgan fingerprint density at radius 3 is 1.97 bits per heavy atom. The van der Waals surface area contributed by atoms with Crippen LogP contribution in [0.1, 0.15) is 39.5 Å². The van der Waals surface area contributed by atoms with Gasteiger partial charge in [0.15, 0.2) is 11.6 Å². The quantitative estimate of drug-likeness (QED) is 0.625. The summed E-state index contributed by atoms with van der Waals surface area (Å²) in [4.78, 5) is 12.7. The lowest BCUT2D eigenvalue weighted by molar-refractivity contribution is 0.0505. The first-order valence-corrected chi connectivity index (χ1v) is 12.1. The van der Waals surface area contributed by atoms with E-state index < -0.39 is 0 Å². The van der Waals surface area contributed by atoms with Gasteiger partial charge in [-0.25, -0.2) is 4.39 Å². The van der Waals surface area contributed by atoms with E-state index in [0.29, 0.717) is 17.8 Å². The molecule has 3 aliphatic heterocycles. The Balaban J connectivity index is 1.49. The molecule has 0 radical (unpaired) electrons. The van der Waals surface area contributed by atoms with Crippen LogP contribution in [0.2, 0.25) is 0 Å². The maximum Gasteiger partial charge on any atom is 0.167 e. The van der Waals surface area contributed by atoms with Crippen LogP contribution >= 0.6 is 0 Å². The van der Waals surface area contributed by atoms with E-state index in [9.17, 15) is 4.39 Å². The van der Waals surface area contributed by atoms with E-state index in [4.69, 9.17) is 4.74 Å². The molecule has 3 heterocycles. The van der Waals surface area contributed by atoms with E-state index >= 15 is 0 Å². The molecule has 3 aliphatic rings. The van der Waals surface area contributed by atoms with Crippen LogP contribution in [-0.2, 0) is 0 Å². The highest BCUT2D eigenvalue weighted by atomic mass is 19.1. The first-order chi connectivity index (χ1) is 15.1. The molecule has 31 heavy (non-hydrogen) atoms. The number of likely N-dealkylation sites (N-methyl/N-ethyl adjacent to an activating group) is 2. The van der Waals surface area contributed by atoms with Crippen molar-refractivity contribution in [2.24, 2.45) is 0 Å². The molecular weight excluding hydrogens is 393 g/mol. The molecule has 174 valence electrons. The molecule has 4 rings (SSSR count). The van der Waals surface area contributed by atoms with Crippen LogP contribution in [0.5, 0.6) is 5.75 Å². The van der Waals surface area contributed by atoms with Crippen LogP contribution in [0.15, 0.2) is 18.2 Å². The molecule has 7 heteroatoms.